The Bertz CT molecular complexity index is 550. The van der Waals surface area contributed by atoms with Crippen molar-refractivity contribution in [1.29, 1.82) is 0 Å². The highest BCUT2D eigenvalue weighted by molar-refractivity contribution is 7.14. The summed E-state index contributed by atoms with van der Waals surface area (Å²) in [6, 6.07) is 10.4. The second-order valence-corrected chi connectivity index (χ2v) is 6.58. The summed E-state index contributed by atoms with van der Waals surface area (Å²) in [6.45, 7) is 3.45. The third-order valence-electron chi connectivity index (χ3n) is 3.74. The van der Waals surface area contributed by atoms with Gasteiger partial charge in [0.05, 0.1) is 5.69 Å². The average Bonchev–Trinajstić information content (AvgIpc) is 3.07. The Morgan fingerprint density at radius 3 is 2.85 bits per heavy atom. The van der Waals surface area contributed by atoms with Gasteiger partial charge in [0.2, 0.25) is 0 Å². The molecule has 106 valence electrons. The van der Waals surface area contributed by atoms with E-state index in [2.05, 4.69) is 53.5 Å². The average molecular weight is 287 g/mol. The zero-order valence-corrected chi connectivity index (χ0v) is 12.9. The molecule has 3 nitrogen and oxygen atoms in total. The summed E-state index contributed by atoms with van der Waals surface area (Å²) >= 11 is 1.76. The predicted molar refractivity (Wildman–Crippen MR) is 86.4 cm³/mol. The number of hydrogen-bond donors (Lipinski definition) is 0. The van der Waals surface area contributed by atoms with Crippen molar-refractivity contribution in [3.63, 3.8) is 0 Å². The summed E-state index contributed by atoms with van der Waals surface area (Å²) < 4.78 is 0. The molecule has 2 aromatic rings. The maximum atomic E-state index is 4.81. The molecule has 1 fully saturated rings. The van der Waals surface area contributed by atoms with Crippen molar-refractivity contribution in [3.8, 4) is 11.3 Å². The highest BCUT2D eigenvalue weighted by Gasteiger charge is 2.24. The third-order valence-corrected chi connectivity index (χ3v) is 4.64. The van der Waals surface area contributed by atoms with E-state index in [1.54, 1.807) is 11.3 Å². The van der Waals surface area contributed by atoms with E-state index in [1.165, 1.54) is 23.7 Å². The van der Waals surface area contributed by atoms with Gasteiger partial charge in [-0.05, 0) is 26.4 Å². The second-order valence-electron chi connectivity index (χ2n) is 5.74. The predicted octanol–water partition coefficient (Wildman–Crippen LogP) is 3.20. The number of hydrogen-bond acceptors (Lipinski definition) is 4. The molecule has 3 rings (SSSR count). The topological polar surface area (TPSA) is 19.4 Å². The smallest absolute Gasteiger partial charge is 0.185 e. The summed E-state index contributed by atoms with van der Waals surface area (Å²) in [5.41, 5.74) is 2.31. The number of benzene rings is 1. The number of aromatic nitrogens is 1. The van der Waals surface area contributed by atoms with Crippen LogP contribution in [0.5, 0.6) is 0 Å². The minimum atomic E-state index is 0.772. The van der Waals surface area contributed by atoms with E-state index in [-0.39, 0.29) is 0 Å². The van der Waals surface area contributed by atoms with E-state index in [0.717, 1.165) is 24.7 Å². The van der Waals surface area contributed by atoms with E-state index in [9.17, 15) is 0 Å². The summed E-state index contributed by atoms with van der Waals surface area (Å²) in [7, 11) is 4.30. The molecule has 1 aromatic heterocycles. The quantitative estimate of drug-likeness (QED) is 0.861. The summed E-state index contributed by atoms with van der Waals surface area (Å²) in [6.07, 6.45) is 1.28. The molecule has 0 saturated carbocycles. The van der Waals surface area contributed by atoms with Gasteiger partial charge in [-0.15, -0.1) is 11.3 Å². The standard InChI is InChI=1S/C16H21N3S/c1-18(2)10-13-8-9-19(11-13)16-17-15(12-20-16)14-6-4-3-5-7-14/h3-7,12-13H,8-11H2,1-2H3. The Morgan fingerprint density at radius 1 is 1.30 bits per heavy atom. The second kappa shape index (κ2) is 5.94. The van der Waals surface area contributed by atoms with Crippen LogP contribution in [0, 0.1) is 5.92 Å². The Balaban J connectivity index is 1.69. The van der Waals surface area contributed by atoms with Crippen molar-refractivity contribution in [3.05, 3.63) is 35.7 Å². The van der Waals surface area contributed by atoms with Crippen LogP contribution >= 0.6 is 11.3 Å². The zero-order chi connectivity index (χ0) is 13.9. The van der Waals surface area contributed by atoms with Crippen molar-refractivity contribution < 1.29 is 0 Å². The molecule has 0 amide bonds. The molecule has 0 radical (unpaired) electrons. The molecule has 20 heavy (non-hydrogen) atoms. The van der Waals surface area contributed by atoms with Crippen LogP contribution in [0.25, 0.3) is 11.3 Å². The van der Waals surface area contributed by atoms with Crippen LogP contribution in [0.1, 0.15) is 6.42 Å². The summed E-state index contributed by atoms with van der Waals surface area (Å²) in [5.74, 6) is 0.772. The maximum absolute atomic E-state index is 4.81. The Morgan fingerprint density at radius 2 is 2.10 bits per heavy atom. The van der Waals surface area contributed by atoms with Crippen molar-refractivity contribution in [2.24, 2.45) is 5.92 Å². The van der Waals surface area contributed by atoms with Crippen LogP contribution in [0.2, 0.25) is 0 Å². The molecular weight excluding hydrogens is 266 g/mol. The highest BCUT2D eigenvalue weighted by Crippen LogP contribution is 2.30. The first-order valence-corrected chi connectivity index (χ1v) is 8.01. The molecule has 1 saturated heterocycles. The van der Waals surface area contributed by atoms with Gasteiger partial charge in [0.1, 0.15) is 0 Å². The summed E-state index contributed by atoms with van der Waals surface area (Å²) in [4.78, 5) is 9.53. The fraction of sp³-hybridized carbons (Fsp3) is 0.438. The molecule has 0 spiro atoms. The first-order chi connectivity index (χ1) is 9.72. The third kappa shape index (κ3) is 3.02. The largest absolute Gasteiger partial charge is 0.348 e. The van der Waals surface area contributed by atoms with E-state index in [1.807, 2.05) is 6.07 Å². The van der Waals surface area contributed by atoms with Crippen molar-refractivity contribution in [1.82, 2.24) is 9.88 Å². The normalized spacial score (nSPS) is 18.9. The van der Waals surface area contributed by atoms with Gasteiger partial charge in [0.15, 0.2) is 5.13 Å². The van der Waals surface area contributed by atoms with Crippen molar-refractivity contribution in [2.75, 3.05) is 38.6 Å². The lowest BCUT2D eigenvalue weighted by Gasteiger charge is -2.17. The number of nitrogens with zero attached hydrogens (tertiary/aromatic N) is 3. The van der Waals surface area contributed by atoms with E-state index < -0.39 is 0 Å². The van der Waals surface area contributed by atoms with Gasteiger partial charge >= 0.3 is 0 Å². The number of anilines is 1. The molecule has 1 aliphatic heterocycles. The van der Waals surface area contributed by atoms with Crippen LogP contribution in [-0.2, 0) is 0 Å². The van der Waals surface area contributed by atoms with Gasteiger partial charge in [-0.2, -0.15) is 0 Å². The molecular formula is C16H21N3S. The Kier molecular flexibility index (Phi) is 4.03. The molecule has 4 heteroatoms. The first kappa shape index (κ1) is 13.6. The first-order valence-electron chi connectivity index (χ1n) is 7.13. The van der Waals surface area contributed by atoms with Crippen LogP contribution in [0.15, 0.2) is 35.7 Å². The molecule has 1 unspecified atom stereocenters. The molecule has 0 N–H and O–H groups in total. The molecule has 2 heterocycles. The van der Waals surface area contributed by atoms with Crippen LogP contribution in [-0.4, -0.2) is 43.6 Å². The van der Waals surface area contributed by atoms with E-state index in [0.29, 0.717) is 0 Å². The highest BCUT2D eigenvalue weighted by atomic mass is 32.1. The van der Waals surface area contributed by atoms with Gasteiger partial charge in [0.25, 0.3) is 0 Å². The van der Waals surface area contributed by atoms with Gasteiger partial charge < -0.3 is 9.80 Å². The van der Waals surface area contributed by atoms with Crippen molar-refractivity contribution in [2.45, 2.75) is 6.42 Å². The molecule has 1 atom stereocenters. The molecule has 0 aliphatic carbocycles. The van der Waals surface area contributed by atoms with Crippen LogP contribution in [0.4, 0.5) is 5.13 Å². The van der Waals surface area contributed by atoms with Crippen molar-refractivity contribution >= 4 is 16.5 Å². The minimum absolute atomic E-state index is 0.772. The molecule has 1 aliphatic rings. The lowest BCUT2D eigenvalue weighted by Crippen LogP contribution is -2.25. The Labute approximate surface area is 124 Å². The van der Waals surface area contributed by atoms with E-state index >= 15 is 0 Å². The maximum Gasteiger partial charge on any atom is 0.185 e. The van der Waals surface area contributed by atoms with Crippen LogP contribution in [0.3, 0.4) is 0 Å². The van der Waals surface area contributed by atoms with E-state index in [4.69, 9.17) is 4.98 Å². The lowest BCUT2D eigenvalue weighted by molar-refractivity contribution is 0.340. The Hall–Kier alpha value is -1.39. The lowest BCUT2D eigenvalue weighted by atomic mass is 10.1. The van der Waals surface area contributed by atoms with Gasteiger partial charge in [-0.25, -0.2) is 4.98 Å². The minimum Gasteiger partial charge on any atom is -0.348 e. The molecule has 0 bridgehead atoms. The van der Waals surface area contributed by atoms with Gasteiger partial charge in [-0.3, -0.25) is 0 Å². The fourth-order valence-corrected chi connectivity index (χ4v) is 3.69. The monoisotopic (exact) mass is 287 g/mol. The summed E-state index contributed by atoms with van der Waals surface area (Å²) in [5, 5.41) is 3.34. The SMILES string of the molecule is CN(C)CC1CCN(c2nc(-c3ccccc3)cs2)C1. The van der Waals surface area contributed by atoms with Crippen LogP contribution < -0.4 is 4.90 Å². The van der Waals surface area contributed by atoms with Gasteiger partial charge in [0, 0.05) is 30.6 Å². The fourth-order valence-electron chi connectivity index (χ4n) is 2.82. The number of thiazole rings is 1. The zero-order valence-electron chi connectivity index (χ0n) is 12.1. The van der Waals surface area contributed by atoms with Gasteiger partial charge in [-0.1, -0.05) is 30.3 Å². The number of rotatable bonds is 4. The molecule has 1 aromatic carbocycles.